The van der Waals surface area contributed by atoms with Crippen molar-refractivity contribution in [3.05, 3.63) is 60.2 Å². The molecule has 0 aliphatic heterocycles. The van der Waals surface area contributed by atoms with Crippen LogP contribution < -0.4 is 11.2 Å². The van der Waals surface area contributed by atoms with Gasteiger partial charge in [0.1, 0.15) is 6.54 Å². The van der Waals surface area contributed by atoms with Gasteiger partial charge >= 0.3 is 0 Å². The molecular weight excluding hydrogens is 330 g/mol. The summed E-state index contributed by atoms with van der Waals surface area (Å²) in [5, 5.41) is 19.0. The van der Waals surface area contributed by atoms with Crippen molar-refractivity contribution in [1.82, 2.24) is 25.6 Å². The molecule has 8 heteroatoms. The first-order valence-corrected chi connectivity index (χ1v) is 7.96. The minimum absolute atomic E-state index is 0.0733. The average Bonchev–Trinajstić information content (AvgIpc) is 3.05. The summed E-state index contributed by atoms with van der Waals surface area (Å²) in [5.41, 5.74) is 8.97. The maximum Gasteiger partial charge on any atom is 0.261 e. The number of fused-ring (bicyclic) bond motifs is 2. The summed E-state index contributed by atoms with van der Waals surface area (Å²) < 4.78 is 1.19. The molecule has 1 aromatic heterocycles. The van der Waals surface area contributed by atoms with Crippen LogP contribution in [-0.4, -0.2) is 32.3 Å². The SMILES string of the molecule is Nc1nnnn1CC(=O)NN=Cc1c2ccccc2cc2ccccc12. The number of hydrazone groups is 1. The van der Waals surface area contributed by atoms with Crippen LogP contribution in [0.15, 0.2) is 59.7 Å². The molecule has 0 aliphatic carbocycles. The summed E-state index contributed by atoms with van der Waals surface area (Å²) in [5.74, 6) is -0.297. The highest BCUT2D eigenvalue weighted by atomic mass is 16.2. The van der Waals surface area contributed by atoms with E-state index >= 15 is 0 Å². The highest BCUT2D eigenvalue weighted by Crippen LogP contribution is 2.27. The number of nitrogens with zero attached hydrogens (tertiary/aromatic N) is 5. The second-order valence-corrected chi connectivity index (χ2v) is 5.72. The third-order valence-electron chi connectivity index (χ3n) is 4.05. The van der Waals surface area contributed by atoms with Crippen LogP contribution in [0.25, 0.3) is 21.5 Å². The number of benzene rings is 3. The van der Waals surface area contributed by atoms with Crippen LogP contribution >= 0.6 is 0 Å². The molecule has 0 saturated heterocycles. The second kappa shape index (κ2) is 6.60. The summed E-state index contributed by atoms with van der Waals surface area (Å²) in [6.45, 7) is -0.105. The van der Waals surface area contributed by atoms with Crippen LogP contribution in [0.3, 0.4) is 0 Å². The molecular formula is C18H15N7O. The van der Waals surface area contributed by atoms with Gasteiger partial charge in [-0.3, -0.25) is 4.79 Å². The minimum atomic E-state index is -0.371. The number of nitrogens with two attached hydrogens (primary N) is 1. The van der Waals surface area contributed by atoms with Crippen molar-refractivity contribution in [3.8, 4) is 0 Å². The molecule has 128 valence electrons. The first-order chi connectivity index (χ1) is 12.7. The molecule has 3 aromatic carbocycles. The zero-order valence-corrected chi connectivity index (χ0v) is 13.7. The summed E-state index contributed by atoms with van der Waals surface area (Å²) in [7, 11) is 0. The van der Waals surface area contributed by atoms with Crippen molar-refractivity contribution >= 4 is 39.6 Å². The maximum absolute atomic E-state index is 12.0. The van der Waals surface area contributed by atoms with E-state index in [1.54, 1.807) is 6.21 Å². The van der Waals surface area contributed by atoms with E-state index < -0.39 is 0 Å². The number of tetrazole rings is 1. The number of hydrogen-bond acceptors (Lipinski definition) is 6. The molecule has 1 heterocycles. The molecule has 0 spiro atoms. The van der Waals surface area contributed by atoms with Crippen LogP contribution in [0.4, 0.5) is 5.95 Å². The van der Waals surface area contributed by atoms with E-state index in [4.69, 9.17) is 5.73 Å². The lowest BCUT2D eigenvalue weighted by Crippen LogP contribution is -2.24. The van der Waals surface area contributed by atoms with Gasteiger partial charge in [0.2, 0.25) is 5.95 Å². The lowest BCUT2D eigenvalue weighted by molar-refractivity contribution is -0.121. The monoisotopic (exact) mass is 345 g/mol. The smallest absolute Gasteiger partial charge is 0.261 e. The summed E-state index contributed by atoms with van der Waals surface area (Å²) in [6, 6.07) is 18.3. The zero-order valence-electron chi connectivity index (χ0n) is 13.7. The molecule has 4 aromatic rings. The van der Waals surface area contributed by atoms with Crippen molar-refractivity contribution in [3.63, 3.8) is 0 Å². The Kier molecular flexibility index (Phi) is 3.98. The number of amides is 1. The Morgan fingerprint density at radius 3 is 2.38 bits per heavy atom. The summed E-state index contributed by atoms with van der Waals surface area (Å²) in [4.78, 5) is 12.0. The Hall–Kier alpha value is -3.81. The topological polar surface area (TPSA) is 111 Å². The van der Waals surface area contributed by atoms with Crippen LogP contribution in [0.2, 0.25) is 0 Å². The van der Waals surface area contributed by atoms with Crippen LogP contribution in [0.5, 0.6) is 0 Å². The number of hydrogen-bond donors (Lipinski definition) is 2. The van der Waals surface area contributed by atoms with Crippen molar-refractivity contribution in [2.75, 3.05) is 5.73 Å². The van der Waals surface area contributed by atoms with E-state index in [1.807, 2.05) is 36.4 Å². The highest BCUT2D eigenvalue weighted by Gasteiger charge is 2.08. The predicted octanol–water partition coefficient (Wildman–Crippen LogP) is 1.71. The van der Waals surface area contributed by atoms with Gasteiger partial charge in [0.15, 0.2) is 0 Å². The number of aromatic nitrogens is 4. The molecule has 0 radical (unpaired) electrons. The van der Waals surface area contributed by atoms with Gasteiger partial charge < -0.3 is 5.73 Å². The van der Waals surface area contributed by atoms with Gasteiger partial charge in [0.25, 0.3) is 5.91 Å². The Labute approximate surface area is 148 Å². The molecule has 0 saturated carbocycles. The molecule has 0 bridgehead atoms. The fourth-order valence-corrected chi connectivity index (χ4v) is 2.85. The quantitative estimate of drug-likeness (QED) is 0.332. The molecule has 0 atom stereocenters. The van der Waals surface area contributed by atoms with Gasteiger partial charge in [-0.25, -0.2) is 10.1 Å². The normalized spacial score (nSPS) is 11.4. The van der Waals surface area contributed by atoms with Gasteiger partial charge in [0.05, 0.1) is 6.21 Å². The lowest BCUT2D eigenvalue weighted by atomic mass is 9.97. The van der Waals surface area contributed by atoms with Crippen molar-refractivity contribution in [2.24, 2.45) is 5.10 Å². The molecule has 0 fully saturated rings. The van der Waals surface area contributed by atoms with E-state index in [-0.39, 0.29) is 18.4 Å². The average molecular weight is 345 g/mol. The first kappa shape index (κ1) is 15.7. The lowest BCUT2D eigenvalue weighted by Gasteiger charge is -2.08. The second-order valence-electron chi connectivity index (χ2n) is 5.72. The summed E-state index contributed by atoms with van der Waals surface area (Å²) >= 11 is 0. The number of nitrogen functional groups attached to an aromatic ring is 1. The Morgan fingerprint density at radius 2 is 1.77 bits per heavy atom. The number of nitrogens with one attached hydrogen (secondary N) is 1. The fourth-order valence-electron chi connectivity index (χ4n) is 2.85. The van der Waals surface area contributed by atoms with Crippen molar-refractivity contribution < 1.29 is 4.79 Å². The van der Waals surface area contributed by atoms with E-state index in [9.17, 15) is 4.79 Å². The maximum atomic E-state index is 12.0. The molecule has 8 nitrogen and oxygen atoms in total. The highest BCUT2D eigenvalue weighted by molar-refractivity contribution is 6.13. The largest absolute Gasteiger partial charge is 0.367 e. The standard InChI is InChI=1S/C18H15N7O/c19-18-22-23-24-25(18)11-17(26)21-20-10-16-14-7-3-1-5-12(14)9-13-6-2-4-8-15(13)16/h1-10H,11H2,(H,21,26)(H2,19,22,24). The van der Waals surface area contributed by atoms with Gasteiger partial charge in [-0.05, 0) is 38.0 Å². The Balaban J connectivity index is 1.64. The van der Waals surface area contributed by atoms with Crippen LogP contribution in [-0.2, 0) is 11.3 Å². The predicted molar refractivity (Wildman–Crippen MR) is 99.4 cm³/mol. The van der Waals surface area contributed by atoms with Gasteiger partial charge in [-0.1, -0.05) is 53.6 Å². The first-order valence-electron chi connectivity index (χ1n) is 7.96. The Morgan fingerprint density at radius 1 is 1.12 bits per heavy atom. The van der Waals surface area contributed by atoms with E-state index in [1.165, 1.54) is 4.68 Å². The number of carbonyl (C=O) groups excluding carboxylic acids is 1. The Bertz CT molecular complexity index is 1080. The molecule has 3 N–H and O–H groups in total. The van der Waals surface area contributed by atoms with Crippen molar-refractivity contribution in [1.29, 1.82) is 0 Å². The van der Waals surface area contributed by atoms with E-state index in [0.29, 0.717) is 0 Å². The third-order valence-corrected chi connectivity index (χ3v) is 4.05. The third kappa shape index (κ3) is 2.95. The summed E-state index contributed by atoms with van der Waals surface area (Å²) in [6.07, 6.45) is 1.66. The van der Waals surface area contributed by atoms with Crippen molar-refractivity contribution in [2.45, 2.75) is 6.54 Å². The van der Waals surface area contributed by atoms with E-state index in [0.717, 1.165) is 27.1 Å². The number of carbonyl (C=O) groups is 1. The van der Waals surface area contributed by atoms with Gasteiger partial charge in [-0.15, -0.1) is 0 Å². The molecule has 0 unspecified atom stereocenters. The minimum Gasteiger partial charge on any atom is -0.367 e. The zero-order chi connectivity index (χ0) is 17.9. The molecule has 26 heavy (non-hydrogen) atoms. The van der Waals surface area contributed by atoms with E-state index in [2.05, 4.69) is 44.3 Å². The number of anilines is 1. The number of rotatable bonds is 4. The molecule has 1 amide bonds. The van der Waals surface area contributed by atoms with Gasteiger partial charge in [0, 0.05) is 5.56 Å². The fraction of sp³-hybridized carbons (Fsp3) is 0.0556. The van der Waals surface area contributed by atoms with Crippen LogP contribution in [0.1, 0.15) is 5.56 Å². The molecule has 0 aliphatic rings. The molecule has 4 rings (SSSR count). The van der Waals surface area contributed by atoms with Crippen LogP contribution in [0, 0.1) is 0 Å². The van der Waals surface area contributed by atoms with Gasteiger partial charge in [-0.2, -0.15) is 5.10 Å².